The number of likely N-dealkylation sites (tertiary alicyclic amines) is 1. The fourth-order valence-corrected chi connectivity index (χ4v) is 3.74. The number of aromatic nitrogens is 2. The molecule has 0 bridgehead atoms. The number of benzene rings is 1. The standard InChI is InChI=1S/C22H23N3O4/c1-28-19-9-3-2-6-15(19)12-17-13-23-21(29-17)16-7-5-11-25(14-16)22(27)18-8-4-10-20(26)24-18/h2-4,6,8-10,13,16H,5,7,11-12,14H2,1H3,(H,24,26)/t16-/m1/s1. The first-order valence-electron chi connectivity index (χ1n) is 9.69. The minimum Gasteiger partial charge on any atom is -0.496 e. The molecule has 3 aromatic rings. The van der Waals surface area contributed by atoms with Crippen LogP contribution in [-0.4, -0.2) is 41.0 Å². The van der Waals surface area contributed by atoms with Gasteiger partial charge in [-0.15, -0.1) is 0 Å². The van der Waals surface area contributed by atoms with Gasteiger partial charge >= 0.3 is 0 Å². The Kier molecular flexibility index (Phi) is 5.46. The number of pyridine rings is 1. The van der Waals surface area contributed by atoms with Gasteiger partial charge in [-0.3, -0.25) is 9.59 Å². The highest BCUT2D eigenvalue weighted by Crippen LogP contribution is 2.29. The number of aromatic amines is 1. The summed E-state index contributed by atoms with van der Waals surface area (Å²) in [6.07, 6.45) is 4.11. The SMILES string of the molecule is COc1ccccc1Cc1cnc([C@@H]2CCCN(C(=O)c3cccc(=O)[nH]3)C2)o1. The van der Waals surface area contributed by atoms with E-state index in [9.17, 15) is 9.59 Å². The minimum absolute atomic E-state index is 0.0366. The third-order valence-corrected chi connectivity index (χ3v) is 5.19. The number of H-pyrrole nitrogens is 1. The van der Waals surface area contributed by atoms with Crippen LogP contribution in [-0.2, 0) is 6.42 Å². The number of para-hydroxylation sites is 1. The normalized spacial score (nSPS) is 16.6. The lowest BCUT2D eigenvalue weighted by molar-refractivity contribution is 0.0691. The number of hydrogen-bond acceptors (Lipinski definition) is 5. The van der Waals surface area contributed by atoms with E-state index in [4.69, 9.17) is 9.15 Å². The summed E-state index contributed by atoms with van der Waals surface area (Å²) in [5, 5.41) is 0. The number of methoxy groups -OCH3 is 1. The molecule has 0 aliphatic carbocycles. The number of nitrogens with one attached hydrogen (secondary N) is 1. The number of carbonyl (C=O) groups is 1. The van der Waals surface area contributed by atoms with Crippen molar-refractivity contribution in [1.82, 2.24) is 14.9 Å². The van der Waals surface area contributed by atoms with Crippen LogP contribution in [0, 0.1) is 0 Å². The monoisotopic (exact) mass is 393 g/mol. The zero-order valence-electron chi connectivity index (χ0n) is 16.3. The lowest BCUT2D eigenvalue weighted by Crippen LogP contribution is -2.40. The van der Waals surface area contributed by atoms with E-state index in [0.717, 1.165) is 29.9 Å². The smallest absolute Gasteiger partial charge is 0.270 e. The Balaban J connectivity index is 1.46. The highest BCUT2D eigenvalue weighted by Gasteiger charge is 2.28. The molecule has 1 amide bonds. The van der Waals surface area contributed by atoms with Gasteiger partial charge in [0.25, 0.3) is 5.91 Å². The molecule has 0 unspecified atom stereocenters. The number of amides is 1. The van der Waals surface area contributed by atoms with Crippen LogP contribution in [0.1, 0.15) is 46.5 Å². The maximum absolute atomic E-state index is 12.7. The van der Waals surface area contributed by atoms with E-state index in [0.29, 0.717) is 31.1 Å². The van der Waals surface area contributed by atoms with E-state index < -0.39 is 0 Å². The Bertz CT molecular complexity index is 1060. The average Bonchev–Trinajstić information content (AvgIpc) is 3.22. The molecule has 3 heterocycles. The fourth-order valence-electron chi connectivity index (χ4n) is 3.74. The molecule has 150 valence electrons. The minimum atomic E-state index is -0.280. The summed E-state index contributed by atoms with van der Waals surface area (Å²) in [6, 6.07) is 12.4. The van der Waals surface area contributed by atoms with Crippen molar-refractivity contribution in [3.63, 3.8) is 0 Å². The average molecular weight is 393 g/mol. The topological polar surface area (TPSA) is 88.4 Å². The number of oxazole rings is 1. The Morgan fingerprint density at radius 3 is 2.97 bits per heavy atom. The number of piperidine rings is 1. The molecular formula is C22H23N3O4. The molecule has 1 aliphatic rings. The fraction of sp³-hybridized carbons (Fsp3) is 0.318. The van der Waals surface area contributed by atoms with Crippen LogP contribution in [0.25, 0.3) is 0 Å². The first-order valence-corrected chi connectivity index (χ1v) is 9.69. The third-order valence-electron chi connectivity index (χ3n) is 5.19. The van der Waals surface area contributed by atoms with Gasteiger partial charge in [0, 0.05) is 31.1 Å². The number of hydrogen-bond donors (Lipinski definition) is 1. The van der Waals surface area contributed by atoms with Crippen molar-refractivity contribution in [2.75, 3.05) is 20.2 Å². The van der Waals surface area contributed by atoms with E-state index in [1.807, 2.05) is 24.3 Å². The summed E-state index contributed by atoms with van der Waals surface area (Å²) < 4.78 is 11.4. The Morgan fingerprint density at radius 2 is 2.14 bits per heavy atom. The van der Waals surface area contributed by atoms with Crippen molar-refractivity contribution < 1.29 is 13.9 Å². The molecule has 7 heteroatoms. The number of nitrogens with zero attached hydrogens (tertiary/aromatic N) is 2. The zero-order chi connectivity index (χ0) is 20.2. The quantitative estimate of drug-likeness (QED) is 0.720. The maximum Gasteiger partial charge on any atom is 0.270 e. The van der Waals surface area contributed by atoms with Gasteiger partial charge < -0.3 is 19.0 Å². The predicted molar refractivity (Wildman–Crippen MR) is 107 cm³/mol. The molecule has 29 heavy (non-hydrogen) atoms. The van der Waals surface area contributed by atoms with Crippen LogP contribution in [0.5, 0.6) is 5.75 Å². The lowest BCUT2D eigenvalue weighted by Gasteiger charge is -2.31. The zero-order valence-corrected chi connectivity index (χ0v) is 16.3. The van der Waals surface area contributed by atoms with E-state index >= 15 is 0 Å². The van der Waals surface area contributed by atoms with Gasteiger partial charge in [-0.25, -0.2) is 4.98 Å². The van der Waals surface area contributed by atoms with E-state index in [-0.39, 0.29) is 17.4 Å². The molecule has 2 aromatic heterocycles. The van der Waals surface area contributed by atoms with Crippen LogP contribution in [0.15, 0.2) is 57.9 Å². The third kappa shape index (κ3) is 4.23. The molecule has 0 saturated carbocycles. The van der Waals surface area contributed by atoms with Crippen molar-refractivity contribution >= 4 is 5.91 Å². The van der Waals surface area contributed by atoms with Gasteiger partial charge in [0.1, 0.15) is 17.2 Å². The van der Waals surface area contributed by atoms with Crippen LogP contribution in [0.3, 0.4) is 0 Å². The summed E-state index contributed by atoms with van der Waals surface area (Å²) in [4.78, 5) is 33.1. The Hall–Kier alpha value is -3.35. The first-order chi connectivity index (χ1) is 14.1. The van der Waals surface area contributed by atoms with Crippen molar-refractivity contribution in [3.05, 3.63) is 81.9 Å². The van der Waals surface area contributed by atoms with E-state index in [1.54, 1.807) is 30.3 Å². The number of ether oxygens (including phenoxy) is 1. The molecule has 4 rings (SSSR count). The van der Waals surface area contributed by atoms with Crippen molar-refractivity contribution in [2.45, 2.75) is 25.2 Å². The highest BCUT2D eigenvalue weighted by atomic mass is 16.5. The molecule has 1 fully saturated rings. The van der Waals surface area contributed by atoms with Crippen molar-refractivity contribution in [2.24, 2.45) is 0 Å². The van der Waals surface area contributed by atoms with Crippen LogP contribution >= 0.6 is 0 Å². The molecule has 1 aliphatic heterocycles. The number of rotatable bonds is 5. The molecule has 1 atom stereocenters. The second-order valence-electron chi connectivity index (χ2n) is 7.17. The summed E-state index contributed by atoms with van der Waals surface area (Å²) in [6.45, 7) is 1.17. The van der Waals surface area contributed by atoms with E-state index in [2.05, 4.69) is 9.97 Å². The van der Waals surface area contributed by atoms with Crippen LogP contribution in [0.2, 0.25) is 0 Å². The van der Waals surface area contributed by atoms with Gasteiger partial charge in [-0.2, -0.15) is 0 Å². The summed E-state index contributed by atoms with van der Waals surface area (Å²) >= 11 is 0. The molecular weight excluding hydrogens is 370 g/mol. The van der Waals surface area contributed by atoms with Gasteiger partial charge in [0.2, 0.25) is 5.56 Å². The molecule has 1 saturated heterocycles. The van der Waals surface area contributed by atoms with Crippen molar-refractivity contribution in [3.8, 4) is 5.75 Å². The summed E-state index contributed by atoms with van der Waals surface area (Å²) in [5.74, 6) is 2.09. The lowest BCUT2D eigenvalue weighted by atomic mass is 9.97. The second-order valence-corrected chi connectivity index (χ2v) is 7.17. The summed E-state index contributed by atoms with van der Waals surface area (Å²) in [5.41, 5.74) is 1.06. The Labute approximate surface area is 168 Å². The van der Waals surface area contributed by atoms with Crippen LogP contribution in [0.4, 0.5) is 0 Å². The largest absolute Gasteiger partial charge is 0.496 e. The van der Waals surface area contributed by atoms with Gasteiger partial charge in [0.05, 0.1) is 19.2 Å². The van der Waals surface area contributed by atoms with Gasteiger partial charge in [-0.05, 0) is 25.0 Å². The highest BCUT2D eigenvalue weighted by molar-refractivity contribution is 5.92. The van der Waals surface area contributed by atoms with E-state index in [1.165, 1.54) is 6.07 Å². The predicted octanol–water partition coefficient (Wildman–Crippen LogP) is 2.98. The molecule has 0 radical (unpaired) electrons. The molecule has 0 spiro atoms. The van der Waals surface area contributed by atoms with Crippen LogP contribution < -0.4 is 10.3 Å². The molecule has 1 N–H and O–H groups in total. The van der Waals surface area contributed by atoms with Crippen molar-refractivity contribution in [1.29, 1.82) is 0 Å². The Morgan fingerprint density at radius 1 is 1.28 bits per heavy atom. The van der Waals surface area contributed by atoms with Gasteiger partial charge in [0.15, 0.2) is 5.89 Å². The molecule has 1 aromatic carbocycles. The summed E-state index contributed by atoms with van der Waals surface area (Å²) in [7, 11) is 1.65. The maximum atomic E-state index is 12.7. The number of carbonyl (C=O) groups excluding carboxylic acids is 1. The van der Waals surface area contributed by atoms with Gasteiger partial charge in [-0.1, -0.05) is 24.3 Å². The second kappa shape index (κ2) is 8.34. The first kappa shape index (κ1) is 19.0. The molecule has 7 nitrogen and oxygen atoms in total.